The van der Waals surface area contributed by atoms with Crippen LogP contribution >= 0.6 is 12.4 Å². The van der Waals surface area contributed by atoms with Gasteiger partial charge in [0.1, 0.15) is 6.54 Å². The smallest absolute Gasteiger partial charge is 0.244 e. The van der Waals surface area contributed by atoms with Gasteiger partial charge in [0, 0.05) is 45.4 Å². The molecule has 1 aliphatic heterocycles. The molecule has 0 atom stereocenters. The second kappa shape index (κ2) is 7.30. The van der Waals surface area contributed by atoms with Gasteiger partial charge < -0.3 is 15.3 Å². The summed E-state index contributed by atoms with van der Waals surface area (Å²) in [7, 11) is 0. The summed E-state index contributed by atoms with van der Waals surface area (Å²) in [5.41, 5.74) is 0.709. The lowest BCUT2D eigenvalue weighted by Crippen LogP contribution is -2.47. The number of amides is 1. The van der Waals surface area contributed by atoms with E-state index in [1.807, 2.05) is 4.90 Å². The van der Waals surface area contributed by atoms with Crippen molar-refractivity contribution in [2.75, 3.05) is 32.8 Å². The van der Waals surface area contributed by atoms with Gasteiger partial charge in [-0.15, -0.1) is 17.5 Å². The third-order valence-electron chi connectivity index (χ3n) is 2.72. The highest BCUT2D eigenvalue weighted by Crippen LogP contribution is 1.98. The minimum Gasteiger partial charge on any atom is -0.396 e. The van der Waals surface area contributed by atoms with Crippen molar-refractivity contribution in [2.24, 2.45) is 0 Å². The molecule has 1 aromatic heterocycles. The van der Waals surface area contributed by atoms with Gasteiger partial charge in [0.2, 0.25) is 5.91 Å². The number of aliphatic hydroxyl groups is 1. The fourth-order valence-corrected chi connectivity index (χ4v) is 1.80. The van der Waals surface area contributed by atoms with E-state index in [-0.39, 0.29) is 31.5 Å². The molecular weight excluding hydrogens is 258 g/mol. The van der Waals surface area contributed by atoms with E-state index in [9.17, 15) is 4.79 Å². The summed E-state index contributed by atoms with van der Waals surface area (Å²) in [5, 5.41) is 19.7. The van der Waals surface area contributed by atoms with E-state index in [4.69, 9.17) is 5.11 Å². The Morgan fingerprint density at radius 2 is 2.17 bits per heavy atom. The van der Waals surface area contributed by atoms with E-state index in [0.29, 0.717) is 12.1 Å². The number of carbonyl (C=O) groups excluding carboxylic acids is 1. The van der Waals surface area contributed by atoms with Crippen molar-refractivity contribution in [3.8, 4) is 0 Å². The van der Waals surface area contributed by atoms with E-state index in [1.54, 1.807) is 6.20 Å². The number of carbonyl (C=O) groups is 1. The van der Waals surface area contributed by atoms with Gasteiger partial charge in [-0.3, -0.25) is 4.79 Å². The Hall–Kier alpha value is -1.18. The zero-order chi connectivity index (χ0) is 12.1. The molecule has 0 unspecified atom stereocenters. The molecule has 2 N–H and O–H groups in total. The first-order valence-electron chi connectivity index (χ1n) is 5.78. The molecule has 1 fully saturated rings. The molecular formula is C10H18ClN5O2. The summed E-state index contributed by atoms with van der Waals surface area (Å²) < 4.78 is 1.52. The van der Waals surface area contributed by atoms with Gasteiger partial charge >= 0.3 is 0 Å². The third-order valence-corrected chi connectivity index (χ3v) is 2.72. The van der Waals surface area contributed by atoms with Crippen LogP contribution in [0.5, 0.6) is 0 Å². The van der Waals surface area contributed by atoms with Gasteiger partial charge in [0.15, 0.2) is 0 Å². The second-order valence-electron chi connectivity index (χ2n) is 4.01. The van der Waals surface area contributed by atoms with Crippen molar-refractivity contribution in [2.45, 2.75) is 13.0 Å². The Kier molecular flexibility index (Phi) is 6.03. The Balaban J connectivity index is 0.00000162. The van der Waals surface area contributed by atoms with Crippen molar-refractivity contribution >= 4 is 18.3 Å². The molecule has 1 aromatic rings. The topological polar surface area (TPSA) is 83.3 Å². The molecule has 18 heavy (non-hydrogen) atoms. The zero-order valence-electron chi connectivity index (χ0n) is 10.1. The van der Waals surface area contributed by atoms with Gasteiger partial charge in [-0.1, -0.05) is 5.21 Å². The number of hydrogen-bond acceptors (Lipinski definition) is 5. The molecule has 0 spiro atoms. The van der Waals surface area contributed by atoms with Gasteiger partial charge in [0.05, 0.1) is 5.69 Å². The number of hydrogen-bond donors (Lipinski definition) is 2. The van der Waals surface area contributed by atoms with Gasteiger partial charge in [-0.25, -0.2) is 4.68 Å². The van der Waals surface area contributed by atoms with Crippen molar-refractivity contribution in [3.63, 3.8) is 0 Å². The zero-order valence-corrected chi connectivity index (χ0v) is 10.9. The number of piperazine rings is 1. The molecule has 1 amide bonds. The lowest BCUT2D eigenvalue weighted by Gasteiger charge is -2.27. The monoisotopic (exact) mass is 275 g/mol. The fourth-order valence-electron chi connectivity index (χ4n) is 1.80. The largest absolute Gasteiger partial charge is 0.396 e. The van der Waals surface area contributed by atoms with Gasteiger partial charge in [-0.2, -0.15) is 0 Å². The highest BCUT2D eigenvalue weighted by molar-refractivity contribution is 5.85. The molecule has 8 heteroatoms. The standard InChI is InChI=1S/C10H17N5O2.ClH/c16-6-1-9-7-15(13-12-9)8-10(17)14-4-2-11-3-5-14;/h7,11,16H,1-6,8H2;1H. The number of aromatic nitrogens is 3. The predicted octanol–water partition coefficient (Wildman–Crippen LogP) is -1.33. The van der Waals surface area contributed by atoms with E-state index in [2.05, 4.69) is 15.6 Å². The molecule has 0 radical (unpaired) electrons. The van der Waals surface area contributed by atoms with Crippen LogP contribution in [0, 0.1) is 0 Å². The van der Waals surface area contributed by atoms with Crippen molar-refractivity contribution in [3.05, 3.63) is 11.9 Å². The van der Waals surface area contributed by atoms with Crippen LogP contribution in [0.25, 0.3) is 0 Å². The Labute approximate surface area is 112 Å². The van der Waals surface area contributed by atoms with E-state index in [0.717, 1.165) is 26.2 Å². The number of rotatable bonds is 4. The first-order valence-corrected chi connectivity index (χ1v) is 5.78. The fraction of sp³-hybridized carbons (Fsp3) is 0.700. The normalized spacial score (nSPS) is 15.3. The molecule has 0 aliphatic carbocycles. The second-order valence-corrected chi connectivity index (χ2v) is 4.01. The molecule has 0 bridgehead atoms. The first-order chi connectivity index (χ1) is 8.29. The van der Waals surface area contributed by atoms with Crippen LogP contribution in [0.4, 0.5) is 0 Å². The lowest BCUT2D eigenvalue weighted by atomic mass is 10.3. The van der Waals surface area contributed by atoms with Crippen LogP contribution in [-0.4, -0.2) is 63.7 Å². The quantitative estimate of drug-likeness (QED) is 0.711. The Bertz CT molecular complexity index is 378. The molecule has 0 saturated carbocycles. The number of aliphatic hydroxyl groups excluding tert-OH is 1. The molecule has 0 aromatic carbocycles. The highest BCUT2D eigenvalue weighted by atomic mass is 35.5. The molecule has 1 saturated heterocycles. The van der Waals surface area contributed by atoms with Crippen molar-refractivity contribution in [1.82, 2.24) is 25.2 Å². The summed E-state index contributed by atoms with van der Waals surface area (Å²) in [6, 6.07) is 0. The molecule has 2 heterocycles. The summed E-state index contributed by atoms with van der Waals surface area (Å²) in [5.74, 6) is 0.0620. The average Bonchev–Trinajstić information content (AvgIpc) is 2.78. The number of nitrogens with zero attached hydrogens (tertiary/aromatic N) is 4. The Morgan fingerprint density at radius 3 is 2.83 bits per heavy atom. The molecule has 1 aliphatic rings. The predicted molar refractivity (Wildman–Crippen MR) is 67.5 cm³/mol. The van der Waals surface area contributed by atoms with Crippen molar-refractivity contribution < 1.29 is 9.90 Å². The number of nitrogens with one attached hydrogen (secondary N) is 1. The average molecular weight is 276 g/mol. The summed E-state index contributed by atoms with van der Waals surface area (Å²) in [4.78, 5) is 13.7. The van der Waals surface area contributed by atoms with Crippen molar-refractivity contribution in [1.29, 1.82) is 0 Å². The maximum atomic E-state index is 11.9. The van der Waals surface area contributed by atoms with E-state index in [1.165, 1.54) is 4.68 Å². The van der Waals surface area contributed by atoms with Crippen LogP contribution in [0.15, 0.2) is 6.20 Å². The minimum atomic E-state index is 0. The summed E-state index contributed by atoms with van der Waals surface area (Å²) in [6.07, 6.45) is 2.18. The van der Waals surface area contributed by atoms with Crippen LogP contribution in [0.1, 0.15) is 5.69 Å². The summed E-state index contributed by atoms with van der Waals surface area (Å²) in [6.45, 7) is 3.45. The lowest BCUT2D eigenvalue weighted by molar-refractivity contribution is -0.132. The van der Waals surface area contributed by atoms with Crippen LogP contribution in [-0.2, 0) is 17.8 Å². The van der Waals surface area contributed by atoms with Crippen LogP contribution < -0.4 is 5.32 Å². The minimum absolute atomic E-state index is 0. The van der Waals surface area contributed by atoms with Gasteiger partial charge in [0.25, 0.3) is 0 Å². The van der Waals surface area contributed by atoms with Gasteiger partial charge in [-0.05, 0) is 0 Å². The third kappa shape index (κ3) is 3.94. The summed E-state index contributed by atoms with van der Waals surface area (Å²) >= 11 is 0. The SMILES string of the molecule is Cl.O=C(Cn1cc(CCO)nn1)N1CCNCC1. The van der Waals surface area contributed by atoms with E-state index >= 15 is 0 Å². The first kappa shape index (κ1) is 14.9. The maximum absolute atomic E-state index is 11.9. The maximum Gasteiger partial charge on any atom is 0.244 e. The number of halogens is 1. The van der Waals surface area contributed by atoms with E-state index < -0.39 is 0 Å². The molecule has 2 rings (SSSR count). The molecule has 7 nitrogen and oxygen atoms in total. The van der Waals surface area contributed by atoms with Crippen LogP contribution in [0.3, 0.4) is 0 Å². The van der Waals surface area contributed by atoms with Crippen LogP contribution in [0.2, 0.25) is 0 Å². The molecule has 102 valence electrons. The highest BCUT2D eigenvalue weighted by Gasteiger charge is 2.16. The Morgan fingerprint density at radius 1 is 1.44 bits per heavy atom.